The second kappa shape index (κ2) is 5.94. The van der Waals surface area contributed by atoms with E-state index in [2.05, 4.69) is 5.32 Å². The van der Waals surface area contributed by atoms with Gasteiger partial charge in [-0.25, -0.2) is 0 Å². The van der Waals surface area contributed by atoms with Gasteiger partial charge in [-0.1, -0.05) is 6.92 Å². The van der Waals surface area contributed by atoms with Crippen LogP contribution in [0.25, 0.3) is 0 Å². The van der Waals surface area contributed by atoms with Crippen molar-refractivity contribution in [1.29, 1.82) is 0 Å². The lowest BCUT2D eigenvalue weighted by molar-refractivity contribution is -0.125. The maximum Gasteiger partial charge on any atom is 0.249 e. The van der Waals surface area contributed by atoms with Crippen molar-refractivity contribution in [3.8, 4) is 5.75 Å². The monoisotopic (exact) mass is 276 g/mol. The number of carbonyl (C=O) groups is 2. The van der Waals surface area contributed by atoms with Gasteiger partial charge < -0.3 is 15.0 Å². The highest BCUT2D eigenvalue weighted by Crippen LogP contribution is 2.25. The number of nitrogens with zero attached hydrogens (tertiary/aromatic N) is 1. The van der Waals surface area contributed by atoms with E-state index in [0.717, 1.165) is 17.0 Å². The summed E-state index contributed by atoms with van der Waals surface area (Å²) in [5, 5.41) is 2.76. The van der Waals surface area contributed by atoms with E-state index < -0.39 is 6.04 Å². The van der Waals surface area contributed by atoms with E-state index in [9.17, 15) is 9.59 Å². The van der Waals surface area contributed by atoms with E-state index in [1.165, 1.54) is 0 Å². The van der Waals surface area contributed by atoms with Crippen molar-refractivity contribution < 1.29 is 14.3 Å². The Kier molecular flexibility index (Phi) is 4.27. The van der Waals surface area contributed by atoms with Crippen LogP contribution in [0.15, 0.2) is 18.2 Å². The zero-order chi connectivity index (χ0) is 14.7. The molecule has 1 heterocycles. The number of rotatable bonds is 3. The molecule has 1 saturated heterocycles. The molecule has 108 valence electrons. The Bertz CT molecular complexity index is 528. The van der Waals surface area contributed by atoms with Crippen LogP contribution in [0.2, 0.25) is 0 Å². The molecule has 0 saturated carbocycles. The SMILES string of the molecule is CCC1NC(=O)CCN(c2ccc(OC)c(C)c2)C1=O. The normalized spacial score (nSPS) is 19.6. The van der Waals surface area contributed by atoms with Gasteiger partial charge in [0.2, 0.25) is 11.8 Å². The molecular weight excluding hydrogens is 256 g/mol. The maximum absolute atomic E-state index is 12.5. The first-order valence-electron chi connectivity index (χ1n) is 6.82. The first-order chi connectivity index (χ1) is 9.56. The van der Waals surface area contributed by atoms with Crippen LogP contribution in [0.1, 0.15) is 25.3 Å². The molecular formula is C15H20N2O3. The van der Waals surface area contributed by atoms with Crippen molar-refractivity contribution in [3.63, 3.8) is 0 Å². The average molecular weight is 276 g/mol. The van der Waals surface area contributed by atoms with E-state index in [4.69, 9.17) is 4.74 Å². The summed E-state index contributed by atoms with van der Waals surface area (Å²) in [4.78, 5) is 25.8. The summed E-state index contributed by atoms with van der Waals surface area (Å²) < 4.78 is 5.23. The molecule has 0 aromatic heterocycles. The first-order valence-corrected chi connectivity index (χ1v) is 6.82. The molecule has 5 nitrogen and oxygen atoms in total. The molecule has 1 aliphatic heterocycles. The van der Waals surface area contributed by atoms with Gasteiger partial charge >= 0.3 is 0 Å². The minimum Gasteiger partial charge on any atom is -0.496 e. The third kappa shape index (κ3) is 2.76. The Morgan fingerprint density at radius 1 is 1.40 bits per heavy atom. The number of hydrogen-bond acceptors (Lipinski definition) is 3. The van der Waals surface area contributed by atoms with Gasteiger partial charge in [0, 0.05) is 18.7 Å². The number of amides is 2. The Morgan fingerprint density at radius 3 is 2.75 bits per heavy atom. The molecule has 5 heteroatoms. The van der Waals surface area contributed by atoms with Gasteiger partial charge in [0.15, 0.2) is 0 Å². The minimum atomic E-state index is -0.438. The van der Waals surface area contributed by atoms with Crippen LogP contribution in [-0.4, -0.2) is 31.5 Å². The van der Waals surface area contributed by atoms with Crippen LogP contribution in [0, 0.1) is 6.92 Å². The van der Waals surface area contributed by atoms with Crippen LogP contribution < -0.4 is 15.0 Å². The summed E-state index contributed by atoms with van der Waals surface area (Å²) in [5.41, 5.74) is 1.78. The van der Waals surface area contributed by atoms with Crippen LogP contribution in [0.3, 0.4) is 0 Å². The molecule has 0 aliphatic carbocycles. The van der Waals surface area contributed by atoms with E-state index in [0.29, 0.717) is 19.4 Å². The van der Waals surface area contributed by atoms with Gasteiger partial charge in [-0.05, 0) is 37.1 Å². The largest absolute Gasteiger partial charge is 0.496 e. The average Bonchev–Trinajstić information content (AvgIpc) is 2.58. The molecule has 1 unspecified atom stereocenters. The molecule has 0 bridgehead atoms. The number of carbonyl (C=O) groups excluding carboxylic acids is 2. The lowest BCUT2D eigenvalue weighted by Crippen LogP contribution is -2.44. The number of ether oxygens (including phenoxy) is 1. The highest BCUT2D eigenvalue weighted by Gasteiger charge is 2.29. The Morgan fingerprint density at radius 2 is 2.15 bits per heavy atom. The zero-order valence-corrected chi connectivity index (χ0v) is 12.1. The molecule has 1 atom stereocenters. The van der Waals surface area contributed by atoms with Crippen molar-refractivity contribution in [3.05, 3.63) is 23.8 Å². The first kappa shape index (κ1) is 14.4. The fourth-order valence-corrected chi connectivity index (χ4v) is 2.40. The number of nitrogens with one attached hydrogen (secondary N) is 1. The van der Waals surface area contributed by atoms with Gasteiger partial charge in [0.1, 0.15) is 11.8 Å². The molecule has 1 aromatic carbocycles. The van der Waals surface area contributed by atoms with Crippen LogP contribution >= 0.6 is 0 Å². The van der Waals surface area contributed by atoms with E-state index in [-0.39, 0.29) is 11.8 Å². The fraction of sp³-hybridized carbons (Fsp3) is 0.467. The quantitative estimate of drug-likeness (QED) is 0.913. The third-order valence-electron chi connectivity index (χ3n) is 3.56. The standard InChI is InChI=1S/C15H20N2O3/c1-4-12-15(19)17(8-7-14(18)16-12)11-5-6-13(20-3)10(2)9-11/h5-6,9,12H,4,7-8H2,1-3H3,(H,16,18). The highest BCUT2D eigenvalue weighted by molar-refractivity contribution is 6.01. The van der Waals surface area contributed by atoms with Crippen molar-refractivity contribution in [1.82, 2.24) is 5.32 Å². The summed E-state index contributed by atoms with van der Waals surface area (Å²) in [7, 11) is 1.62. The Balaban J connectivity index is 2.32. The number of aryl methyl sites for hydroxylation is 1. The third-order valence-corrected chi connectivity index (χ3v) is 3.56. The maximum atomic E-state index is 12.5. The van der Waals surface area contributed by atoms with Crippen LogP contribution in [0.4, 0.5) is 5.69 Å². The summed E-state index contributed by atoms with van der Waals surface area (Å²) in [6.07, 6.45) is 0.920. The lowest BCUT2D eigenvalue weighted by atomic mass is 10.1. The van der Waals surface area contributed by atoms with Gasteiger partial charge in [-0.15, -0.1) is 0 Å². The predicted molar refractivity (Wildman–Crippen MR) is 76.9 cm³/mol. The minimum absolute atomic E-state index is 0.0529. The molecule has 20 heavy (non-hydrogen) atoms. The predicted octanol–water partition coefficient (Wildman–Crippen LogP) is 1.64. The van der Waals surface area contributed by atoms with Crippen molar-refractivity contribution in [2.75, 3.05) is 18.6 Å². The van der Waals surface area contributed by atoms with E-state index in [1.54, 1.807) is 12.0 Å². The number of hydrogen-bond donors (Lipinski definition) is 1. The molecule has 1 aromatic rings. The van der Waals surface area contributed by atoms with E-state index >= 15 is 0 Å². The number of anilines is 1. The molecule has 2 amide bonds. The van der Waals surface area contributed by atoms with E-state index in [1.807, 2.05) is 32.0 Å². The molecule has 2 rings (SSSR count). The van der Waals surface area contributed by atoms with Gasteiger partial charge in [0.25, 0.3) is 0 Å². The lowest BCUT2D eigenvalue weighted by Gasteiger charge is -2.24. The van der Waals surface area contributed by atoms with Crippen LogP contribution in [0.5, 0.6) is 5.75 Å². The van der Waals surface area contributed by atoms with Crippen molar-refractivity contribution >= 4 is 17.5 Å². The molecule has 0 spiro atoms. The summed E-state index contributed by atoms with van der Waals surface area (Å²) in [6, 6.07) is 5.18. The summed E-state index contributed by atoms with van der Waals surface area (Å²) in [5.74, 6) is 0.665. The number of methoxy groups -OCH3 is 1. The second-order valence-electron chi connectivity index (χ2n) is 4.92. The molecule has 0 radical (unpaired) electrons. The Hall–Kier alpha value is -2.04. The molecule has 1 N–H and O–H groups in total. The molecule has 1 aliphatic rings. The summed E-state index contributed by atoms with van der Waals surface area (Å²) in [6.45, 7) is 4.24. The topological polar surface area (TPSA) is 58.6 Å². The van der Waals surface area contributed by atoms with Gasteiger partial charge in [-0.3, -0.25) is 9.59 Å². The summed E-state index contributed by atoms with van der Waals surface area (Å²) >= 11 is 0. The zero-order valence-electron chi connectivity index (χ0n) is 12.1. The smallest absolute Gasteiger partial charge is 0.249 e. The van der Waals surface area contributed by atoms with Crippen molar-refractivity contribution in [2.24, 2.45) is 0 Å². The molecule has 1 fully saturated rings. The van der Waals surface area contributed by atoms with Gasteiger partial charge in [0.05, 0.1) is 7.11 Å². The second-order valence-corrected chi connectivity index (χ2v) is 4.92. The van der Waals surface area contributed by atoms with Crippen molar-refractivity contribution in [2.45, 2.75) is 32.7 Å². The highest BCUT2D eigenvalue weighted by atomic mass is 16.5. The van der Waals surface area contributed by atoms with Gasteiger partial charge in [-0.2, -0.15) is 0 Å². The number of benzene rings is 1. The fourth-order valence-electron chi connectivity index (χ4n) is 2.40. The van der Waals surface area contributed by atoms with Crippen LogP contribution in [-0.2, 0) is 9.59 Å². The Labute approximate surface area is 118 Å².